The van der Waals surface area contributed by atoms with E-state index in [9.17, 15) is 8.42 Å². The fourth-order valence-corrected chi connectivity index (χ4v) is 4.91. The molecular formula is C14H19ClN2O2S2. The number of nitrogens with two attached hydrogens (primary N) is 1. The number of rotatable bonds is 4. The first-order valence-electron chi connectivity index (χ1n) is 6.85. The van der Waals surface area contributed by atoms with Crippen molar-refractivity contribution in [1.29, 1.82) is 0 Å². The predicted octanol–water partition coefficient (Wildman–Crippen LogP) is 2.85. The number of benzene rings is 1. The van der Waals surface area contributed by atoms with E-state index in [0.29, 0.717) is 18.8 Å². The van der Waals surface area contributed by atoms with Gasteiger partial charge in [0.05, 0.1) is 15.6 Å². The zero-order valence-corrected chi connectivity index (χ0v) is 14.2. The summed E-state index contributed by atoms with van der Waals surface area (Å²) in [6.45, 7) is 2.14. The first-order chi connectivity index (χ1) is 9.77. The largest absolute Gasteiger partial charge is 0.392 e. The Morgan fingerprint density at radius 1 is 1.38 bits per heavy atom. The normalized spacial score (nSPS) is 26.5. The maximum atomic E-state index is 12.6. The summed E-state index contributed by atoms with van der Waals surface area (Å²) in [5.41, 5.74) is 5.00. The molecule has 21 heavy (non-hydrogen) atoms. The van der Waals surface area contributed by atoms with Crippen molar-refractivity contribution >= 4 is 38.8 Å². The molecule has 0 atom stereocenters. The van der Waals surface area contributed by atoms with E-state index in [0.717, 1.165) is 12.8 Å². The number of hydrogen-bond donors (Lipinski definition) is 2. The molecule has 2 rings (SSSR count). The number of nitrogens with one attached hydrogen (secondary N) is 1. The van der Waals surface area contributed by atoms with E-state index < -0.39 is 15.6 Å². The summed E-state index contributed by atoms with van der Waals surface area (Å²) < 4.78 is 27.9. The molecule has 116 valence electrons. The highest BCUT2D eigenvalue weighted by Gasteiger charge is 2.41. The van der Waals surface area contributed by atoms with Crippen LogP contribution in [0.4, 0.5) is 0 Å². The van der Waals surface area contributed by atoms with E-state index in [-0.39, 0.29) is 14.9 Å². The molecule has 1 aliphatic rings. The second kappa shape index (κ2) is 6.20. The summed E-state index contributed by atoms with van der Waals surface area (Å²) in [5.74, 6) is 0.553. The monoisotopic (exact) mass is 346 g/mol. The van der Waals surface area contributed by atoms with Crippen molar-refractivity contribution in [1.82, 2.24) is 4.72 Å². The second-order valence-corrected chi connectivity index (χ2v) is 8.16. The SMILES string of the molecule is CC1CCC(NS(=O)(=O)c2ccccc2Cl)(C(N)=S)CC1. The van der Waals surface area contributed by atoms with Crippen LogP contribution in [-0.4, -0.2) is 18.9 Å². The lowest BCUT2D eigenvalue weighted by atomic mass is 9.78. The number of hydrogen-bond acceptors (Lipinski definition) is 3. The zero-order chi connectivity index (χ0) is 15.7. The Morgan fingerprint density at radius 3 is 2.48 bits per heavy atom. The Bertz CT molecular complexity index is 638. The Kier molecular flexibility index (Phi) is 4.92. The zero-order valence-electron chi connectivity index (χ0n) is 11.8. The van der Waals surface area contributed by atoms with Gasteiger partial charge in [-0.3, -0.25) is 0 Å². The topological polar surface area (TPSA) is 72.2 Å². The second-order valence-electron chi connectivity index (χ2n) is 5.66. The van der Waals surface area contributed by atoms with Gasteiger partial charge >= 0.3 is 0 Å². The molecule has 0 spiro atoms. The summed E-state index contributed by atoms with van der Waals surface area (Å²) in [6, 6.07) is 6.35. The maximum absolute atomic E-state index is 12.6. The van der Waals surface area contributed by atoms with E-state index in [4.69, 9.17) is 29.6 Å². The van der Waals surface area contributed by atoms with Gasteiger partial charge in [0.25, 0.3) is 0 Å². The van der Waals surface area contributed by atoms with Crippen LogP contribution in [0.15, 0.2) is 29.2 Å². The summed E-state index contributed by atoms with van der Waals surface area (Å²) in [5, 5.41) is 0.187. The minimum atomic E-state index is -3.76. The van der Waals surface area contributed by atoms with Crippen LogP contribution in [0.2, 0.25) is 5.02 Å². The van der Waals surface area contributed by atoms with E-state index in [1.165, 1.54) is 6.07 Å². The molecule has 0 bridgehead atoms. The van der Waals surface area contributed by atoms with Crippen LogP contribution >= 0.6 is 23.8 Å². The molecule has 1 aromatic rings. The molecular weight excluding hydrogens is 328 g/mol. The molecule has 1 saturated carbocycles. The molecule has 0 radical (unpaired) electrons. The van der Waals surface area contributed by atoms with Crippen LogP contribution in [-0.2, 0) is 10.0 Å². The van der Waals surface area contributed by atoms with Crippen LogP contribution in [0.1, 0.15) is 32.6 Å². The Morgan fingerprint density at radius 2 is 1.95 bits per heavy atom. The summed E-state index contributed by atoms with van der Waals surface area (Å²) in [6.07, 6.45) is 3.02. The average Bonchev–Trinajstić information content (AvgIpc) is 2.41. The van der Waals surface area contributed by atoms with Gasteiger partial charge in [-0.2, -0.15) is 4.72 Å². The van der Waals surface area contributed by atoms with E-state index in [1.54, 1.807) is 18.2 Å². The average molecular weight is 347 g/mol. The van der Waals surface area contributed by atoms with Crippen LogP contribution in [0, 0.1) is 5.92 Å². The van der Waals surface area contributed by atoms with Crippen molar-refractivity contribution in [3.8, 4) is 0 Å². The summed E-state index contributed by atoms with van der Waals surface area (Å²) in [7, 11) is -3.76. The van der Waals surface area contributed by atoms with Crippen molar-refractivity contribution in [2.75, 3.05) is 0 Å². The lowest BCUT2D eigenvalue weighted by molar-refractivity contribution is 0.289. The number of thiocarbonyl (C=S) groups is 1. The third-order valence-electron chi connectivity index (χ3n) is 4.06. The third kappa shape index (κ3) is 3.56. The smallest absolute Gasteiger partial charge is 0.242 e. The van der Waals surface area contributed by atoms with Gasteiger partial charge in [-0.15, -0.1) is 0 Å². The van der Waals surface area contributed by atoms with Gasteiger partial charge in [0, 0.05) is 0 Å². The van der Waals surface area contributed by atoms with Gasteiger partial charge in [-0.25, -0.2) is 8.42 Å². The standard InChI is InChI=1S/C14H19ClN2O2S2/c1-10-6-8-14(9-7-10,13(16)20)17-21(18,19)12-5-3-2-4-11(12)15/h2-5,10,17H,6-9H2,1H3,(H2,16,20). The molecule has 4 nitrogen and oxygen atoms in total. The van der Waals surface area contributed by atoms with Gasteiger partial charge in [-0.05, 0) is 43.7 Å². The first-order valence-corrected chi connectivity index (χ1v) is 9.12. The highest BCUT2D eigenvalue weighted by atomic mass is 35.5. The van der Waals surface area contributed by atoms with Crippen molar-refractivity contribution in [2.24, 2.45) is 11.7 Å². The quantitative estimate of drug-likeness (QED) is 0.822. The Balaban J connectivity index is 2.33. The van der Waals surface area contributed by atoms with E-state index in [1.807, 2.05) is 0 Å². The van der Waals surface area contributed by atoms with Gasteiger partial charge in [0.2, 0.25) is 10.0 Å². The fraction of sp³-hybridized carbons (Fsp3) is 0.500. The van der Waals surface area contributed by atoms with Crippen LogP contribution in [0.25, 0.3) is 0 Å². The molecule has 3 N–H and O–H groups in total. The van der Waals surface area contributed by atoms with Crippen molar-refractivity contribution in [2.45, 2.75) is 43.0 Å². The fourth-order valence-electron chi connectivity index (χ4n) is 2.63. The summed E-state index contributed by atoms with van der Waals surface area (Å²) in [4.78, 5) is 0.256. The predicted molar refractivity (Wildman–Crippen MR) is 88.9 cm³/mol. The van der Waals surface area contributed by atoms with Gasteiger partial charge in [0.1, 0.15) is 4.90 Å². The number of halogens is 1. The van der Waals surface area contributed by atoms with Gasteiger partial charge < -0.3 is 5.73 Å². The molecule has 1 fully saturated rings. The minimum absolute atomic E-state index is 0.0564. The highest BCUT2D eigenvalue weighted by molar-refractivity contribution is 7.89. The van der Waals surface area contributed by atoms with Gasteiger partial charge in [0.15, 0.2) is 0 Å². The van der Waals surface area contributed by atoms with Crippen molar-refractivity contribution < 1.29 is 8.42 Å². The molecule has 0 heterocycles. The lowest BCUT2D eigenvalue weighted by Crippen LogP contribution is -2.58. The molecule has 0 saturated heterocycles. The first kappa shape index (κ1) is 16.7. The highest BCUT2D eigenvalue weighted by Crippen LogP contribution is 2.34. The molecule has 1 aromatic carbocycles. The Labute approximate surface area is 136 Å². The third-order valence-corrected chi connectivity index (χ3v) is 6.48. The minimum Gasteiger partial charge on any atom is -0.392 e. The molecule has 7 heteroatoms. The van der Waals surface area contributed by atoms with Crippen molar-refractivity contribution in [3.05, 3.63) is 29.3 Å². The molecule has 0 amide bonds. The van der Waals surface area contributed by atoms with Crippen LogP contribution in [0.5, 0.6) is 0 Å². The molecule has 0 aromatic heterocycles. The lowest BCUT2D eigenvalue weighted by Gasteiger charge is -2.38. The van der Waals surface area contributed by atoms with E-state index in [2.05, 4.69) is 11.6 Å². The van der Waals surface area contributed by atoms with Crippen LogP contribution < -0.4 is 10.5 Å². The van der Waals surface area contributed by atoms with Crippen molar-refractivity contribution in [3.63, 3.8) is 0 Å². The molecule has 0 aliphatic heterocycles. The number of sulfonamides is 1. The van der Waals surface area contributed by atoms with Crippen LogP contribution in [0.3, 0.4) is 0 Å². The maximum Gasteiger partial charge on any atom is 0.242 e. The van der Waals surface area contributed by atoms with E-state index >= 15 is 0 Å². The van der Waals surface area contributed by atoms with Gasteiger partial charge in [-0.1, -0.05) is 42.9 Å². The molecule has 0 unspecified atom stereocenters. The Hall–Kier alpha value is -0.690. The summed E-state index contributed by atoms with van der Waals surface area (Å²) >= 11 is 11.1. The molecule has 1 aliphatic carbocycles.